The van der Waals surface area contributed by atoms with Crippen molar-refractivity contribution in [3.63, 3.8) is 0 Å². The standard InChI is InChI=1S/C22H30O3S/c1-20-7-3-14(23)11-13(20)12-17(26)19-15(20)4-8-21(2)16(19)5-9-22(21)10-6-18(24)25-22/h11,15-17,19,26H,3-10,12H2,1-2H3. The number of rotatable bonds is 0. The summed E-state index contributed by atoms with van der Waals surface area (Å²) in [5.41, 5.74) is 1.41. The van der Waals surface area contributed by atoms with Gasteiger partial charge in [-0.1, -0.05) is 19.4 Å². The Balaban J connectivity index is 1.53. The van der Waals surface area contributed by atoms with Gasteiger partial charge in [0, 0.05) is 23.5 Å². The fraction of sp³-hybridized carbons (Fsp3) is 0.818. The summed E-state index contributed by atoms with van der Waals surface area (Å²) in [6, 6.07) is 0. The van der Waals surface area contributed by atoms with Gasteiger partial charge in [-0.15, -0.1) is 0 Å². The fourth-order valence-corrected chi connectivity index (χ4v) is 8.44. The molecule has 0 aromatic carbocycles. The minimum absolute atomic E-state index is 0.00282. The van der Waals surface area contributed by atoms with Crippen LogP contribution < -0.4 is 0 Å². The van der Waals surface area contributed by atoms with Gasteiger partial charge >= 0.3 is 5.97 Å². The average Bonchev–Trinajstić information content (AvgIpc) is 3.11. The van der Waals surface area contributed by atoms with E-state index >= 15 is 0 Å². The molecular formula is C22H30O3S. The highest BCUT2D eigenvalue weighted by molar-refractivity contribution is 7.81. The molecule has 0 aromatic heterocycles. The van der Waals surface area contributed by atoms with Crippen molar-refractivity contribution in [2.75, 3.05) is 0 Å². The van der Waals surface area contributed by atoms with E-state index < -0.39 is 0 Å². The number of ketones is 1. The molecule has 4 heteroatoms. The van der Waals surface area contributed by atoms with Crippen LogP contribution in [0.2, 0.25) is 0 Å². The first-order valence-corrected chi connectivity index (χ1v) is 10.9. The van der Waals surface area contributed by atoms with Gasteiger partial charge in [0.2, 0.25) is 0 Å². The lowest BCUT2D eigenvalue weighted by Crippen LogP contribution is -2.57. The molecule has 0 radical (unpaired) electrons. The van der Waals surface area contributed by atoms with Crippen molar-refractivity contribution < 1.29 is 14.3 Å². The zero-order valence-corrected chi connectivity index (χ0v) is 16.8. The van der Waals surface area contributed by atoms with E-state index in [1.54, 1.807) is 0 Å². The lowest BCUT2D eigenvalue weighted by atomic mass is 9.46. The Labute approximate surface area is 161 Å². The Morgan fingerprint density at radius 1 is 1.04 bits per heavy atom. The van der Waals surface area contributed by atoms with Crippen molar-refractivity contribution >= 4 is 24.4 Å². The van der Waals surface area contributed by atoms with Crippen LogP contribution in [0.15, 0.2) is 11.6 Å². The van der Waals surface area contributed by atoms with Gasteiger partial charge in [0.25, 0.3) is 0 Å². The van der Waals surface area contributed by atoms with Crippen LogP contribution in [0.25, 0.3) is 0 Å². The zero-order chi connectivity index (χ0) is 18.3. The topological polar surface area (TPSA) is 43.4 Å². The maximum atomic E-state index is 12.0. The van der Waals surface area contributed by atoms with Crippen LogP contribution in [0.1, 0.15) is 71.6 Å². The second kappa shape index (κ2) is 5.40. The van der Waals surface area contributed by atoms with Crippen molar-refractivity contribution in [1.29, 1.82) is 0 Å². The molecule has 7 unspecified atom stereocenters. The molecule has 0 N–H and O–H groups in total. The van der Waals surface area contributed by atoms with Crippen molar-refractivity contribution in [3.05, 3.63) is 11.6 Å². The molecule has 1 spiro atoms. The number of ether oxygens (including phenoxy) is 1. The summed E-state index contributed by atoms with van der Waals surface area (Å²) >= 11 is 5.07. The van der Waals surface area contributed by atoms with E-state index in [1.807, 2.05) is 6.08 Å². The third kappa shape index (κ3) is 2.03. The number of thiol groups is 1. The Kier molecular flexibility index (Phi) is 3.60. The lowest BCUT2D eigenvalue weighted by Gasteiger charge is -2.60. The maximum Gasteiger partial charge on any atom is 0.306 e. The third-order valence-corrected chi connectivity index (χ3v) is 9.84. The van der Waals surface area contributed by atoms with Crippen LogP contribution in [-0.2, 0) is 14.3 Å². The number of carbonyl (C=O) groups excluding carboxylic acids is 2. The molecule has 5 rings (SSSR count). The van der Waals surface area contributed by atoms with Crippen molar-refractivity contribution in [3.8, 4) is 0 Å². The number of hydrogen-bond acceptors (Lipinski definition) is 4. The first-order valence-electron chi connectivity index (χ1n) is 10.4. The Hall–Kier alpha value is -0.770. The van der Waals surface area contributed by atoms with E-state index in [0.29, 0.717) is 41.6 Å². The van der Waals surface area contributed by atoms with Crippen molar-refractivity contribution in [2.24, 2.45) is 28.6 Å². The molecule has 4 fully saturated rings. The molecule has 4 aliphatic carbocycles. The predicted octanol–water partition coefficient (Wildman–Crippen LogP) is 4.50. The van der Waals surface area contributed by atoms with E-state index in [0.717, 1.165) is 38.5 Å². The van der Waals surface area contributed by atoms with E-state index in [1.165, 1.54) is 12.0 Å². The molecule has 26 heavy (non-hydrogen) atoms. The predicted molar refractivity (Wildman–Crippen MR) is 103 cm³/mol. The van der Waals surface area contributed by atoms with Gasteiger partial charge in [-0.2, -0.15) is 12.6 Å². The van der Waals surface area contributed by atoms with Gasteiger partial charge in [0.1, 0.15) is 5.60 Å². The fourth-order valence-electron chi connectivity index (χ4n) is 7.82. The minimum Gasteiger partial charge on any atom is -0.458 e. The maximum absolute atomic E-state index is 12.0. The van der Waals surface area contributed by atoms with Crippen LogP contribution in [0.3, 0.4) is 0 Å². The van der Waals surface area contributed by atoms with E-state index in [-0.39, 0.29) is 22.4 Å². The van der Waals surface area contributed by atoms with Gasteiger partial charge in [0.05, 0.1) is 0 Å². The van der Waals surface area contributed by atoms with Gasteiger partial charge < -0.3 is 4.74 Å². The molecule has 142 valence electrons. The molecule has 1 aliphatic heterocycles. The van der Waals surface area contributed by atoms with Crippen LogP contribution in [0, 0.1) is 28.6 Å². The Morgan fingerprint density at radius 2 is 1.81 bits per heavy atom. The molecule has 0 amide bonds. The highest BCUT2D eigenvalue weighted by atomic mass is 32.1. The molecular weight excluding hydrogens is 344 g/mol. The summed E-state index contributed by atoms with van der Waals surface area (Å²) in [7, 11) is 0. The second-order valence-electron chi connectivity index (χ2n) is 10.1. The number of carbonyl (C=O) groups is 2. The molecule has 3 nitrogen and oxygen atoms in total. The summed E-state index contributed by atoms with van der Waals surface area (Å²) in [5.74, 6) is 2.08. The van der Waals surface area contributed by atoms with E-state index in [9.17, 15) is 9.59 Å². The number of hydrogen-bond donors (Lipinski definition) is 1. The molecule has 0 bridgehead atoms. The zero-order valence-electron chi connectivity index (χ0n) is 15.9. The molecule has 1 saturated heterocycles. The monoisotopic (exact) mass is 374 g/mol. The summed E-state index contributed by atoms with van der Waals surface area (Å²) in [6.45, 7) is 4.81. The average molecular weight is 375 g/mol. The molecule has 1 heterocycles. The van der Waals surface area contributed by atoms with Gasteiger partial charge in [-0.25, -0.2) is 0 Å². The number of esters is 1. The first-order chi connectivity index (χ1) is 12.3. The van der Waals surface area contributed by atoms with E-state index in [4.69, 9.17) is 17.4 Å². The summed E-state index contributed by atoms with van der Waals surface area (Å²) < 4.78 is 6.02. The quantitative estimate of drug-likeness (QED) is 0.501. The van der Waals surface area contributed by atoms with Crippen molar-refractivity contribution in [2.45, 2.75) is 82.5 Å². The van der Waals surface area contributed by atoms with Crippen LogP contribution in [-0.4, -0.2) is 22.6 Å². The first kappa shape index (κ1) is 17.3. The number of fused-ring (bicyclic) bond motifs is 6. The van der Waals surface area contributed by atoms with Crippen molar-refractivity contribution in [1.82, 2.24) is 0 Å². The SMILES string of the molecule is CC12CCC(=O)C=C1CC(S)C1C2CCC2(C)C1CCC21CCC(=O)O1. The largest absolute Gasteiger partial charge is 0.458 e. The second-order valence-corrected chi connectivity index (χ2v) is 10.7. The third-order valence-electron chi connectivity index (χ3n) is 9.32. The summed E-state index contributed by atoms with van der Waals surface area (Å²) in [4.78, 5) is 24.0. The van der Waals surface area contributed by atoms with Crippen LogP contribution in [0.4, 0.5) is 0 Å². The lowest BCUT2D eigenvalue weighted by molar-refractivity contribution is -0.167. The smallest absolute Gasteiger partial charge is 0.306 e. The minimum atomic E-state index is -0.216. The van der Waals surface area contributed by atoms with E-state index in [2.05, 4.69) is 13.8 Å². The summed E-state index contributed by atoms with van der Waals surface area (Å²) in [5, 5.41) is 0.321. The number of allylic oxidation sites excluding steroid dienone is 1. The van der Waals surface area contributed by atoms with Gasteiger partial charge in [-0.3, -0.25) is 9.59 Å². The molecule has 3 saturated carbocycles. The van der Waals surface area contributed by atoms with Crippen LogP contribution >= 0.6 is 12.6 Å². The normalized spacial score (nSPS) is 53.0. The highest BCUT2D eigenvalue weighted by Gasteiger charge is 2.68. The summed E-state index contributed by atoms with van der Waals surface area (Å²) in [6.07, 6.45) is 10.6. The molecule has 0 aromatic rings. The van der Waals surface area contributed by atoms with Crippen LogP contribution in [0.5, 0.6) is 0 Å². The Bertz CT molecular complexity index is 714. The molecule has 7 atom stereocenters. The molecule has 5 aliphatic rings. The highest BCUT2D eigenvalue weighted by Crippen LogP contribution is 2.70. The van der Waals surface area contributed by atoms with Gasteiger partial charge in [-0.05, 0) is 74.2 Å². The van der Waals surface area contributed by atoms with Gasteiger partial charge in [0.15, 0.2) is 5.78 Å². The Morgan fingerprint density at radius 3 is 2.54 bits per heavy atom.